The third-order valence-corrected chi connectivity index (χ3v) is 6.47. The Labute approximate surface area is 145 Å². The molecule has 0 aliphatic rings. The Morgan fingerprint density at radius 2 is 2.00 bits per heavy atom. The van der Waals surface area contributed by atoms with E-state index in [1.165, 1.54) is 0 Å². The second-order valence-electron chi connectivity index (χ2n) is 5.33. The van der Waals surface area contributed by atoms with Crippen molar-refractivity contribution in [3.05, 3.63) is 30.0 Å². The second-order valence-corrected chi connectivity index (χ2v) is 9.09. The van der Waals surface area contributed by atoms with Gasteiger partial charge in [-0.1, -0.05) is 12.1 Å². The topological polar surface area (TPSA) is 59.5 Å². The van der Waals surface area contributed by atoms with Crippen LogP contribution in [0.25, 0.3) is 10.6 Å². The van der Waals surface area contributed by atoms with E-state index in [1.807, 2.05) is 38.4 Å². The maximum absolute atomic E-state index is 11.6. The van der Waals surface area contributed by atoms with E-state index >= 15 is 0 Å². The molecule has 0 aliphatic carbocycles. The highest BCUT2D eigenvalue weighted by atomic mass is 35.7. The summed E-state index contributed by atoms with van der Waals surface area (Å²) in [7, 11) is 5.69. The molecule has 0 amide bonds. The highest BCUT2D eigenvalue weighted by Crippen LogP contribution is 2.37. The SMILES string of the molecule is Cc1nc(-c2ccccc2OCCCN(C)C)sc1S(=O)(=O)Cl. The third-order valence-electron chi connectivity index (χ3n) is 3.10. The number of hydrogen-bond acceptors (Lipinski definition) is 6. The molecule has 8 heteroatoms. The maximum Gasteiger partial charge on any atom is 0.272 e. The summed E-state index contributed by atoms with van der Waals surface area (Å²) in [5, 5.41) is 0.588. The first-order chi connectivity index (χ1) is 10.8. The minimum atomic E-state index is -3.78. The van der Waals surface area contributed by atoms with Crippen LogP contribution >= 0.6 is 22.0 Å². The van der Waals surface area contributed by atoms with Crippen LogP contribution in [0, 0.1) is 6.92 Å². The summed E-state index contributed by atoms with van der Waals surface area (Å²) in [6, 6.07) is 7.47. The molecule has 126 valence electrons. The summed E-state index contributed by atoms with van der Waals surface area (Å²) in [5.41, 5.74) is 1.18. The molecule has 0 saturated carbocycles. The zero-order valence-corrected chi connectivity index (χ0v) is 15.6. The van der Waals surface area contributed by atoms with Gasteiger partial charge in [0.25, 0.3) is 9.05 Å². The van der Waals surface area contributed by atoms with Crippen molar-refractivity contribution in [3.63, 3.8) is 0 Å². The molecular weight excluding hydrogens is 356 g/mol. The lowest BCUT2D eigenvalue weighted by molar-refractivity contribution is 0.282. The molecule has 0 unspecified atom stereocenters. The standard InChI is InChI=1S/C15H19ClN2O3S2/c1-11-15(23(16,19)20)22-14(17-11)12-7-4-5-8-13(12)21-10-6-9-18(2)3/h4-5,7-8H,6,9-10H2,1-3H3. The highest BCUT2D eigenvalue weighted by molar-refractivity contribution is 8.15. The Bertz CT molecular complexity index is 773. The van der Waals surface area contributed by atoms with Gasteiger partial charge < -0.3 is 9.64 Å². The zero-order valence-electron chi connectivity index (χ0n) is 13.2. The van der Waals surface area contributed by atoms with Gasteiger partial charge in [-0.15, -0.1) is 11.3 Å². The Morgan fingerprint density at radius 3 is 2.61 bits per heavy atom. The maximum atomic E-state index is 11.6. The minimum Gasteiger partial charge on any atom is -0.493 e. The fourth-order valence-corrected chi connectivity index (χ4v) is 4.54. The molecule has 0 spiro atoms. The number of ether oxygens (including phenoxy) is 1. The van der Waals surface area contributed by atoms with Crippen LogP contribution in [0.4, 0.5) is 0 Å². The van der Waals surface area contributed by atoms with E-state index in [2.05, 4.69) is 9.88 Å². The quantitative estimate of drug-likeness (QED) is 0.549. The Kier molecular flexibility index (Phi) is 6.02. The third kappa shape index (κ3) is 4.91. The summed E-state index contributed by atoms with van der Waals surface area (Å²) >= 11 is 1.06. The minimum absolute atomic E-state index is 0.0802. The van der Waals surface area contributed by atoms with Crippen molar-refractivity contribution in [1.29, 1.82) is 0 Å². The van der Waals surface area contributed by atoms with Crippen LogP contribution in [0.5, 0.6) is 5.75 Å². The highest BCUT2D eigenvalue weighted by Gasteiger charge is 2.21. The fourth-order valence-electron chi connectivity index (χ4n) is 2.06. The number of nitrogens with zero attached hydrogens (tertiary/aromatic N) is 2. The summed E-state index contributed by atoms with van der Waals surface area (Å²) < 4.78 is 29.0. The van der Waals surface area contributed by atoms with Crippen LogP contribution in [-0.4, -0.2) is 45.5 Å². The lowest BCUT2D eigenvalue weighted by Crippen LogP contribution is -2.15. The van der Waals surface area contributed by atoms with Crippen LogP contribution in [0.2, 0.25) is 0 Å². The fraction of sp³-hybridized carbons (Fsp3) is 0.400. The van der Waals surface area contributed by atoms with Crippen LogP contribution in [0.3, 0.4) is 0 Å². The van der Waals surface area contributed by atoms with Gasteiger partial charge in [0.2, 0.25) is 0 Å². The van der Waals surface area contributed by atoms with E-state index < -0.39 is 9.05 Å². The van der Waals surface area contributed by atoms with Gasteiger partial charge in [0, 0.05) is 17.2 Å². The molecule has 0 fully saturated rings. The van der Waals surface area contributed by atoms with Crippen LogP contribution in [-0.2, 0) is 9.05 Å². The van der Waals surface area contributed by atoms with Crippen LogP contribution < -0.4 is 4.74 Å². The smallest absolute Gasteiger partial charge is 0.272 e. The first kappa shape index (κ1) is 18.2. The van der Waals surface area contributed by atoms with Gasteiger partial charge in [0.1, 0.15) is 10.8 Å². The molecule has 2 rings (SSSR count). The van der Waals surface area contributed by atoms with Gasteiger partial charge in [0.15, 0.2) is 4.21 Å². The normalized spacial score (nSPS) is 11.9. The zero-order chi connectivity index (χ0) is 17.0. The number of rotatable bonds is 7. The van der Waals surface area contributed by atoms with Crippen molar-refractivity contribution in [2.45, 2.75) is 17.6 Å². The van der Waals surface area contributed by atoms with Gasteiger partial charge in [-0.2, -0.15) is 0 Å². The lowest BCUT2D eigenvalue weighted by Gasteiger charge is -2.12. The molecule has 0 atom stereocenters. The molecule has 1 aromatic carbocycles. The van der Waals surface area contributed by atoms with E-state index in [4.69, 9.17) is 15.4 Å². The molecule has 1 heterocycles. The molecule has 5 nitrogen and oxygen atoms in total. The lowest BCUT2D eigenvalue weighted by atomic mass is 10.2. The van der Waals surface area contributed by atoms with E-state index in [0.29, 0.717) is 23.1 Å². The molecule has 0 saturated heterocycles. The van der Waals surface area contributed by atoms with Gasteiger partial charge >= 0.3 is 0 Å². The van der Waals surface area contributed by atoms with Crippen molar-refractivity contribution in [2.24, 2.45) is 0 Å². The van der Waals surface area contributed by atoms with Crippen LogP contribution in [0.15, 0.2) is 28.5 Å². The average Bonchev–Trinajstić information content (AvgIpc) is 2.86. The number of benzene rings is 1. The molecule has 0 aliphatic heterocycles. The van der Waals surface area contributed by atoms with E-state index in [0.717, 1.165) is 29.9 Å². The summed E-state index contributed by atoms with van der Waals surface area (Å²) in [6.45, 7) is 3.16. The first-order valence-corrected chi connectivity index (χ1v) is 10.2. The summed E-state index contributed by atoms with van der Waals surface area (Å²) in [4.78, 5) is 6.43. The molecule has 0 N–H and O–H groups in total. The van der Waals surface area contributed by atoms with E-state index in [9.17, 15) is 8.42 Å². The molecule has 0 radical (unpaired) electrons. The monoisotopic (exact) mass is 374 g/mol. The van der Waals surface area contributed by atoms with Gasteiger partial charge in [0.05, 0.1) is 17.9 Å². The molecular formula is C15H19ClN2O3S2. The summed E-state index contributed by atoms with van der Waals surface area (Å²) in [5.74, 6) is 0.693. The number of thiazole rings is 1. The molecule has 0 bridgehead atoms. The Balaban J connectivity index is 2.24. The number of aromatic nitrogens is 1. The predicted octanol–water partition coefficient (Wildman–Crippen LogP) is 3.38. The number of para-hydroxylation sites is 1. The molecule has 2 aromatic rings. The van der Waals surface area contributed by atoms with Crippen molar-refractivity contribution in [1.82, 2.24) is 9.88 Å². The number of halogens is 1. The number of hydrogen-bond donors (Lipinski definition) is 0. The van der Waals surface area contributed by atoms with E-state index in [1.54, 1.807) is 6.92 Å². The van der Waals surface area contributed by atoms with Crippen molar-refractivity contribution in [2.75, 3.05) is 27.2 Å². The van der Waals surface area contributed by atoms with Crippen molar-refractivity contribution < 1.29 is 13.2 Å². The van der Waals surface area contributed by atoms with E-state index in [-0.39, 0.29) is 4.21 Å². The Hall–Kier alpha value is -1.15. The van der Waals surface area contributed by atoms with Crippen molar-refractivity contribution >= 4 is 31.1 Å². The van der Waals surface area contributed by atoms with Gasteiger partial charge in [-0.05, 0) is 39.6 Å². The second kappa shape index (κ2) is 7.61. The largest absolute Gasteiger partial charge is 0.493 e. The predicted molar refractivity (Wildman–Crippen MR) is 94.0 cm³/mol. The Morgan fingerprint density at radius 1 is 1.30 bits per heavy atom. The average molecular weight is 375 g/mol. The van der Waals surface area contributed by atoms with Gasteiger partial charge in [-0.3, -0.25) is 0 Å². The number of aryl methyl sites for hydroxylation is 1. The van der Waals surface area contributed by atoms with Crippen molar-refractivity contribution in [3.8, 4) is 16.3 Å². The van der Waals surface area contributed by atoms with Gasteiger partial charge in [-0.25, -0.2) is 13.4 Å². The molecule has 23 heavy (non-hydrogen) atoms. The van der Waals surface area contributed by atoms with Crippen LogP contribution in [0.1, 0.15) is 12.1 Å². The first-order valence-electron chi connectivity index (χ1n) is 7.08. The summed E-state index contributed by atoms with van der Waals surface area (Å²) in [6.07, 6.45) is 0.902. The molecule has 1 aromatic heterocycles.